The number of pyridine rings is 4. The maximum absolute atomic E-state index is 8.89. The van der Waals surface area contributed by atoms with Crippen LogP contribution in [0.5, 0.6) is 0 Å². The van der Waals surface area contributed by atoms with Crippen molar-refractivity contribution in [1.29, 1.82) is 0 Å². The Hall–Kier alpha value is -6.55. The van der Waals surface area contributed by atoms with Gasteiger partial charge in [0, 0.05) is 93.3 Å². The smallest absolute Gasteiger partial charge is 0.550 e. The molecule has 0 aliphatic heterocycles. The monoisotopic (exact) mass is 1250 g/mol. The van der Waals surface area contributed by atoms with Crippen molar-refractivity contribution in [3.8, 4) is 22.8 Å². The Morgan fingerprint density at radius 2 is 0.556 bits per heavy atom. The van der Waals surface area contributed by atoms with E-state index in [1.54, 1.807) is 24.8 Å². The number of hydrogen-bond acceptors (Lipinski definition) is 18. The number of aromatic nitrogens is 8. The van der Waals surface area contributed by atoms with Gasteiger partial charge in [0.15, 0.2) is 0 Å². The van der Waals surface area contributed by atoms with Crippen LogP contribution in [-0.4, -0.2) is 75.7 Å². The number of benzene rings is 4. The fourth-order valence-electron chi connectivity index (χ4n) is 6.15. The SMILES string of the molecule is CC(=O)[O-].CC(=O)[O-].CC(=O)[O-].CC(=O)[O-].CC(=O)[O-].CC(=O)[O-].[Eu+3].[Eu+3].c1ccc(-c2nc3c4cccnc4c4ncccc4c3[nH]2)cc1.c1ccc(-c2nc3c4cccnc4c4ncccc4c3[nH]2)cc1. The maximum Gasteiger partial charge on any atom is 3.00 e. The Balaban J connectivity index is 0.000000492. The molecule has 72 heavy (non-hydrogen) atoms. The standard InChI is InChI=1S/2C19H12N4.6C2H4O2.2Eu/c2*1-2-6-12(7-3-1)19-22-17-13-8-4-10-20-15(13)16-14(18(17)23-19)9-5-11-21-16;6*1-2(3)4;;/h2*1-11H,(H,22,23);6*1H3,(H,3,4);;/q;;;;;;;;2*+3/p-6. The van der Waals surface area contributed by atoms with E-state index in [9.17, 15) is 0 Å². The zero-order valence-corrected chi connectivity index (χ0v) is 43.9. The summed E-state index contributed by atoms with van der Waals surface area (Å²) in [5, 5.41) is 57.5. The average molecular weight is 1250 g/mol. The van der Waals surface area contributed by atoms with Gasteiger partial charge in [-0.3, -0.25) is 19.9 Å². The minimum absolute atomic E-state index is 0. The van der Waals surface area contributed by atoms with E-state index in [0.717, 1.165) is 130 Å². The molecule has 0 amide bonds. The number of rotatable bonds is 2. The molecule has 0 unspecified atom stereocenters. The van der Waals surface area contributed by atoms with Gasteiger partial charge in [-0.25, -0.2) is 9.97 Å². The molecule has 0 saturated heterocycles. The van der Waals surface area contributed by atoms with Crippen LogP contribution in [-0.2, 0) is 28.8 Å². The zero-order chi connectivity index (χ0) is 51.9. The van der Waals surface area contributed by atoms with Gasteiger partial charge in [0.2, 0.25) is 0 Å². The first kappa shape index (κ1) is 63.5. The molecule has 4 aromatic carbocycles. The molecule has 2 N–H and O–H groups in total. The predicted molar refractivity (Wildman–Crippen MR) is 248 cm³/mol. The summed E-state index contributed by atoms with van der Waals surface area (Å²) in [6.45, 7) is 5.83. The number of hydrogen-bond donors (Lipinski definition) is 2. The van der Waals surface area contributed by atoms with Crippen LogP contribution in [0.3, 0.4) is 0 Å². The van der Waals surface area contributed by atoms with Crippen molar-refractivity contribution >= 4 is 101 Å². The van der Waals surface area contributed by atoms with Crippen LogP contribution in [0.1, 0.15) is 41.5 Å². The summed E-state index contributed by atoms with van der Waals surface area (Å²) in [5.74, 6) is -4.77. The number of aromatic amines is 2. The molecular weight excluding hydrogens is 1210 g/mol. The summed E-state index contributed by atoms with van der Waals surface area (Å²) in [5.41, 5.74) is 9.61. The van der Waals surface area contributed by atoms with Crippen LogP contribution < -0.4 is 30.6 Å². The third-order valence-corrected chi connectivity index (χ3v) is 8.23. The third kappa shape index (κ3) is 20.7. The first-order valence-electron chi connectivity index (χ1n) is 20.4. The van der Waals surface area contributed by atoms with E-state index < -0.39 is 35.8 Å². The van der Waals surface area contributed by atoms with Gasteiger partial charge in [-0.2, -0.15) is 0 Å². The minimum Gasteiger partial charge on any atom is -0.550 e. The van der Waals surface area contributed by atoms with E-state index in [1.807, 2.05) is 60.7 Å². The molecule has 6 aromatic heterocycles. The Labute approximate surface area is 492 Å². The molecule has 0 radical (unpaired) electrons. The average Bonchev–Trinajstić information content (AvgIpc) is 3.97. The van der Waals surface area contributed by atoms with Crippen LogP contribution in [0.2, 0.25) is 0 Å². The number of fused-ring (bicyclic) bond motifs is 12. The topological polar surface area (TPSA) is 350 Å². The van der Waals surface area contributed by atoms with Crippen molar-refractivity contribution in [1.82, 2.24) is 39.9 Å². The van der Waals surface area contributed by atoms with Gasteiger partial charge in [0.1, 0.15) is 11.6 Å². The number of imidazole rings is 2. The maximum atomic E-state index is 8.89. The molecule has 0 aliphatic carbocycles. The van der Waals surface area contributed by atoms with Crippen LogP contribution >= 0.6 is 0 Å². The number of nitrogens with zero attached hydrogens (tertiary/aromatic N) is 6. The Morgan fingerprint density at radius 1 is 0.333 bits per heavy atom. The van der Waals surface area contributed by atoms with Crippen LogP contribution in [0.15, 0.2) is 134 Å². The number of carbonyl (C=O) groups is 6. The second-order valence-electron chi connectivity index (χ2n) is 13.9. The normalized spacial score (nSPS) is 9.42. The van der Waals surface area contributed by atoms with Gasteiger partial charge in [0.05, 0.1) is 44.1 Å². The van der Waals surface area contributed by atoms with E-state index in [1.165, 1.54) is 0 Å². The van der Waals surface area contributed by atoms with Crippen molar-refractivity contribution in [2.75, 3.05) is 0 Å². The summed E-state index contributed by atoms with van der Waals surface area (Å²) in [7, 11) is 0. The Kier molecular flexibility index (Phi) is 28.6. The van der Waals surface area contributed by atoms with Gasteiger partial charge < -0.3 is 69.4 Å². The Bertz CT molecular complexity index is 2940. The van der Waals surface area contributed by atoms with Crippen molar-refractivity contribution in [3.05, 3.63) is 134 Å². The van der Waals surface area contributed by atoms with Gasteiger partial charge in [-0.05, 0) is 90.1 Å². The van der Waals surface area contributed by atoms with Crippen molar-refractivity contribution in [2.45, 2.75) is 41.5 Å². The molecule has 0 aliphatic rings. The van der Waals surface area contributed by atoms with Gasteiger partial charge in [-0.1, -0.05) is 60.7 Å². The largest absolute Gasteiger partial charge is 3.00 e. The first-order valence-corrected chi connectivity index (χ1v) is 20.4. The fraction of sp³-hybridized carbons (Fsp3) is 0.120. The quantitative estimate of drug-likeness (QED) is 0.230. The summed E-state index contributed by atoms with van der Waals surface area (Å²) < 4.78 is 0. The van der Waals surface area contributed by atoms with Gasteiger partial charge in [-0.15, -0.1) is 0 Å². The summed E-state index contributed by atoms with van der Waals surface area (Å²) >= 11 is 0. The second kappa shape index (κ2) is 32.4. The fourth-order valence-corrected chi connectivity index (χ4v) is 6.15. The summed E-state index contributed by atoms with van der Waals surface area (Å²) in [6, 6.07) is 36.3. The molecule has 0 saturated carbocycles. The number of carboxylic acids is 6. The van der Waals surface area contributed by atoms with Crippen LogP contribution in [0.4, 0.5) is 0 Å². The van der Waals surface area contributed by atoms with E-state index in [-0.39, 0.29) is 98.8 Å². The van der Waals surface area contributed by atoms with E-state index in [2.05, 4.69) is 78.4 Å². The zero-order valence-electron chi connectivity index (χ0n) is 39.0. The molecule has 22 heteroatoms. The van der Waals surface area contributed by atoms with Crippen LogP contribution in [0, 0.1) is 98.8 Å². The van der Waals surface area contributed by atoms with Crippen LogP contribution in [0.25, 0.3) is 88.5 Å². The molecule has 0 fully saturated rings. The molecule has 6 heterocycles. The molecule has 10 aromatic rings. The molecule has 20 nitrogen and oxygen atoms in total. The second-order valence-corrected chi connectivity index (χ2v) is 13.9. The number of aliphatic carboxylic acids is 6. The number of H-pyrrole nitrogens is 2. The minimum atomic E-state index is -1.08. The van der Waals surface area contributed by atoms with E-state index in [4.69, 9.17) is 69.4 Å². The number of carboxylic acid groups (broad SMARTS) is 6. The third-order valence-electron chi connectivity index (χ3n) is 8.23. The molecule has 0 bridgehead atoms. The summed E-state index contributed by atoms with van der Waals surface area (Å²) in [6.07, 6.45) is 7.20. The van der Waals surface area contributed by atoms with E-state index in [0.29, 0.717) is 0 Å². The van der Waals surface area contributed by atoms with Gasteiger partial charge >= 0.3 is 98.8 Å². The van der Waals surface area contributed by atoms with Gasteiger partial charge in [0.25, 0.3) is 0 Å². The molecule has 0 spiro atoms. The first-order chi connectivity index (χ1) is 33.2. The Morgan fingerprint density at radius 3 is 0.806 bits per heavy atom. The molecule has 10 rings (SSSR count). The van der Waals surface area contributed by atoms with Crippen molar-refractivity contribution < 1.29 is 158 Å². The molecular formula is C50H42Eu2N8O12. The predicted octanol–water partition coefficient (Wildman–Crippen LogP) is 1.19. The summed E-state index contributed by atoms with van der Waals surface area (Å²) in [4.78, 5) is 88.1. The number of nitrogens with one attached hydrogen (secondary N) is 2. The number of carbonyl (C=O) groups excluding carboxylic acids is 6. The van der Waals surface area contributed by atoms with Crippen molar-refractivity contribution in [3.63, 3.8) is 0 Å². The van der Waals surface area contributed by atoms with Crippen molar-refractivity contribution in [2.24, 2.45) is 0 Å². The molecule has 0 atom stereocenters. The molecule has 368 valence electrons. The van der Waals surface area contributed by atoms with E-state index >= 15 is 0 Å².